The number of rotatable bonds is 8. The number of hydrogen-bond donors (Lipinski definition) is 2. The van der Waals surface area contributed by atoms with Crippen LogP contribution in [0.1, 0.15) is 72.3 Å². The molecule has 0 saturated heterocycles. The van der Waals surface area contributed by atoms with Gasteiger partial charge in [0.1, 0.15) is 15.7 Å². The lowest BCUT2D eigenvalue weighted by atomic mass is 9.89. The number of carboxylic acid groups (broad SMARTS) is 1. The van der Waals surface area contributed by atoms with Gasteiger partial charge in [-0.25, -0.2) is 27.7 Å². The molecule has 0 spiro atoms. The quantitative estimate of drug-likeness (QED) is 0.214. The van der Waals surface area contributed by atoms with E-state index in [2.05, 4.69) is 27.5 Å². The molecule has 2 aromatic carbocycles. The molecule has 222 valence electrons. The van der Waals surface area contributed by atoms with Gasteiger partial charge >= 0.3 is 5.97 Å². The van der Waals surface area contributed by atoms with Crippen LogP contribution in [0, 0.1) is 29.5 Å². The predicted molar refractivity (Wildman–Crippen MR) is 165 cm³/mol. The summed E-state index contributed by atoms with van der Waals surface area (Å²) in [5.74, 6) is 5.77. The minimum atomic E-state index is -4.19. The van der Waals surface area contributed by atoms with E-state index in [4.69, 9.17) is 5.14 Å². The van der Waals surface area contributed by atoms with Gasteiger partial charge in [0, 0.05) is 40.4 Å². The number of nitrogens with zero attached hydrogens (tertiary/aromatic N) is 2. The second-order valence-electron chi connectivity index (χ2n) is 11.5. The molecule has 0 amide bonds. The highest BCUT2D eigenvalue weighted by Gasteiger charge is 2.28. The maximum absolute atomic E-state index is 14.9. The molecule has 0 unspecified atom stereocenters. The van der Waals surface area contributed by atoms with Crippen molar-refractivity contribution >= 4 is 27.3 Å². The molecule has 2 heterocycles. The molecule has 4 aromatic rings. The van der Waals surface area contributed by atoms with Crippen molar-refractivity contribution in [3.8, 4) is 33.7 Å². The highest BCUT2D eigenvalue weighted by atomic mass is 32.2. The number of aromatic nitrogens is 2. The van der Waals surface area contributed by atoms with E-state index < -0.39 is 26.7 Å². The van der Waals surface area contributed by atoms with Crippen LogP contribution < -0.4 is 5.14 Å². The summed E-state index contributed by atoms with van der Waals surface area (Å²) in [5, 5.41) is 16.9. The van der Waals surface area contributed by atoms with Gasteiger partial charge in [0.05, 0.1) is 0 Å². The van der Waals surface area contributed by atoms with Crippen molar-refractivity contribution in [3.63, 3.8) is 0 Å². The Morgan fingerprint density at radius 3 is 2.56 bits per heavy atom. The number of benzene rings is 2. The van der Waals surface area contributed by atoms with Crippen molar-refractivity contribution in [2.24, 2.45) is 17.0 Å². The highest BCUT2D eigenvalue weighted by molar-refractivity contribution is 7.89. The number of sulfonamides is 1. The van der Waals surface area contributed by atoms with E-state index in [0.29, 0.717) is 22.4 Å². The molecule has 0 atom stereocenters. The highest BCUT2D eigenvalue weighted by Crippen LogP contribution is 2.41. The van der Waals surface area contributed by atoms with Gasteiger partial charge in [-0.1, -0.05) is 49.3 Å². The minimum Gasteiger partial charge on any atom is -0.476 e. The monoisotopic (exact) mass is 617 g/mol. The van der Waals surface area contributed by atoms with Crippen LogP contribution in [0.5, 0.6) is 0 Å². The van der Waals surface area contributed by atoms with Gasteiger partial charge in [-0.05, 0) is 79.5 Å². The third kappa shape index (κ3) is 6.74. The molecule has 3 N–H and O–H groups in total. The zero-order valence-corrected chi connectivity index (χ0v) is 25.2. The van der Waals surface area contributed by atoms with Crippen molar-refractivity contribution in [1.29, 1.82) is 0 Å². The molecule has 43 heavy (non-hydrogen) atoms. The normalized spacial score (nSPS) is 15.7. The maximum Gasteiger partial charge on any atom is 0.355 e. The van der Waals surface area contributed by atoms with E-state index in [1.54, 1.807) is 11.4 Å². The Morgan fingerprint density at radius 1 is 1.09 bits per heavy atom. The van der Waals surface area contributed by atoms with Crippen LogP contribution in [-0.4, -0.2) is 29.0 Å². The fourth-order valence-corrected chi connectivity index (χ4v) is 7.17. The summed E-state index contributed by atoms with van der Waals surface area (Å²) in [7, 11) is -4.19. The lowest BCUT2D eigenvalue weighted by Crippen LogP contribution is -2.14. The molecule has 0 aliphatic heterocycles. The minimum absolute atomic E-state index is 0.00712. The second kappa shape index (κ2) is 12.1. The Morgan fingerprint density at radius 2 is 1.88 bits per heavy atom. The third-order valence-electron chi connectivity index (χ3n) is 8.17. The number of aromatic carboxylic acids is 1. The first-order chi connectivity index (χ1) is 20.7. The number of thiazole rings is 1. The van der Waals surface area contributed by atoms with Crippen LogP contribution in [0.15, 0.2) is 58.8 Å². The number of primary sulfonamides is 1. The first-order valence-electron chi connectivity index (χ1n) is 14.5. The van der Waals surface area contributed by atoms with E-state index >= 15 is 0 Å². The first kappa shape index (κ1) is 29.3. The zero-order valence-electron chi connectivity index (χ0n) is 23.6. The Bertz CT molecular complexity index is 1860. The van der Waals surface area contributed by atoms with E-state index in [-0.39, 0.29) is 12.2 Å². The van der Waals surface area contributed by atoms with Crippen molar-refractivity contribution < 1.29 is 22.7 Å². The lowest BCUT2D eigenvalue weighted by molar-refractivity contribution is 0.0691. The topological polar surface area (TPSA) is 115 Å². The number of nitrogens with two attached hydrogens (primary N) is 1. The smallest absolute Gasteiger partial charge is 0.355 e. The summed E-state index contributed by atoms with van der Waals surface area (Å²) in [5.41, 5.74) is 5.10. The Kier molecular flexibility index (Phi) is 8.23. The van der Waals surface area contributed by atoms with Crippen LogP contribution in [0.4, 0.5) is 4.39 Å². The molecular formula is C33H32FN3O4S2. The van der Waals surface area contributed by atoms with Gasteiger partial charge in [0.2, 0.25) is 10.0 Å². The van der Waals surface area contributed by atoms with E-state index in [0.717, 1.165) is 60.2 Å². The molecule has 10 heteroatoms. The summed E-state index contributed by atoms with van der Waals surface area (Å²) < 4.78 is 40.6. The summed E-state index contributed by atoms with van der Waals surface area (Å²) in [6.45, 7) is 0.272. The summed E-state index contributed by atoms with van der Waals surface area (Å²) >= 11 is 1.28. The Hall–Kier alpha value is -3.78. The lowest BCUT2D eigenvalue weighted by Gasteiger charge is -2.16. The van der Waals surface area contributed by atoms with Crippen LogP contribution in [-0.2, 0) is 23.0 Å². The molecule has 2 saturated carbocycles. The zero-order chi connectivity index (χ0) is 30.1. The van der Waals surface area contributed by atoms with Gasteiger partial charge < -0.3 is 9.67 Å². The average Bonchev–Trinajstić information content (AvgIpc) is 3.54. The van der Waals surface area contributed by atoms with Crippen LogP contribution >= 0.6 is 11.3 Å². The number of hydrogen-bond acceptors (Lipinski definition) is 5. The number of halogens is 1. The van der Waals surface area contributed by atoms with Crippen molar-refractivity contribution in [1.82, 2.24) is 9.55 Å². The fraction of sp³-hybridized carbons (Fsp3) is 0.333. The molecule has 2 aliphatic rings. The van der Waals surface area contributed by atoms with Gasteiger partial charge in [0.15, 0.2) is 5.69 Å². The Labute approximate surface area is 254 Å². The van der Waals surface area contributed by atoms with Crippen LogP contribution in [0.3, 0.4) is 0 Å². The van der Waals surface area contributed by atoms with E-state index in [1.807, 2.05) is 24.3 Å². The summed E-state index contributed by atoms with van der Waals surface area (Å²) in [6, 6.07) is 14.1. The molecule has 2 aliphatic carbocycles. The second-order valence-corrected chi connectivity index (χ2v) is 13.8. The summed E-state index contributed by atoms with van der Waals surface area (Å²) in [6.07, 6.45) is 8.95. The number of carboxylic acids is 1. The molecular weight excluding hydrogens is 586 g/mol. The van der Waals surface area contributed by atoms with Crippen molar-refractivity contribution in [2.75, 3.05) is 0 Å². The van der Waals surface area contributed by atoms with E-state index in [1.165, 1.54) is 42.7 Å². The van der Waals surface area contributed by atoms with Crippen molar-refractivity contribution in [3.05, 3.63) is 82.2 Å². The van der Waals surface area contributed by atoms with Gasteiger partial charge in [-0.15, -0.1) is 11.3 Å². The molecule has 2 fully saturated rings. The van der Waals surface area contributed by atoms with E-state index in [9.17, 15) is 22.7 Å². The molecule has 2 aromatic heterocycles. The van der Waals surface area contributed by atoms with Crippen molar-refractivity contribution in [2.45, 2.75) is 62.8 Å². The molecule has 6 rings (SSSR count). The molecule has 0 bridgehead atoms. The maximum atomic E-state index is 14.9. The number of carbonyl (C=O) groups is 1. The Balaban J connectivity index is 1.46. The fourth-order valence-electron chi connectivity index (χ4n) is 5.75. The first-order valence-corrected chi connectivity index (χ1v) is 16.9. The standard InChI is InChI=1S/C33H32FN3O4S2/c34-27-16-24(13-14-31(27)43(35,40)41)19-37-29(25-8-4-7-22(15-25)10-9-21-5-2-1-3-6-21)18-26(30(37)17-23-11-12-23)32-36-28(20-42-32)33(38)39/h4,7-8,13-16,18,20-21,23H,1-3,5-6,11-12,17,19H2,(H,38,39)(H2,35,40,41). The summed E-state index contributed by atoms with van der Waals surface area (Å²) in [4.78, 5) is 15.5. The molecule has 7 nitrogen and oxygen atoms in total. The molecule has 0 radical (unpaired) electrons. The largest absolute Gasteiger partial charge is 0.476 e. The van der Waals surface area contributed by atoms with Crippen LogP contribution in [0.2, 0.25) is 0 Å². The van der Waals surface area contributed by atoms with Gasteiger partial charge in [-0.2, -0.15) is 0 Å². The van der Waals surface area contributed by atoms with Gasteiger partial charge in [-0.3, -0.25) is 0 Å². The predicted octanol–water partition coefficient (Wildman–Crippen LogP) is 6.70. The SMILES string of the molecule is NS(=O)(=O)c1ccc(Cn2c(-c3cccc(C#CC4CCCCC4)c3)cc(-c3nc(C(=O)O)cs3)c2CC2CC2)cc1F. The third-order valence-corrected chi connectivity index (χ3v) is 9.99. The average molecular weight is 618 g/mol. The van der Waals surface area contributed by atoms with Gasteiger partial charge in [0.25, 0.3) is 0 Å². The van der Waals surface area contributed by atoms with Crippen LogP contribution in [0.25, 0.3) is 21.8 Å².